The Morgan fingerprint density at radius 2 is 1.50 bits per heavy atom. The van der Waals surface area contributed by atoms with Crippen LogP contribution >= 0.6 is 0 Å². The van der Waals surface area contributed by atoms with Crippen molar-refractivity contribution in [2.75, 3.05) is 0 Å². The summed E-state index contributed by atoms with van der Waals surface area (Å²) in [5.74, 6) is 0.323. The van der Waals surface area contributed by atoms with Crippen LogP contribution in [0, 0.1) is 0 Å². The lowest BCUT2D eigenvalue weighted by molar-refractivity contribution is 0.476. The van der Waals surface area contributed by atoms with Gasteiger partial charge in [0.2, 0.25) is 0 Å². The molecule has 0 aliphatic heterocycles. The zero-order chi connectivity index (χ0) is 7.68. The average molecular weight is 171 g/mol. The van der Waals surface area contributed by atoms with Crippen molar-refractivity contribution >= 4 is 28.1 Å². The van der Waals surface area contributed by atoms with E-state index in [1.165, 1.54) is 0 Å². The minimum absolute atomic E-state index is 0. The highest BCUT2D eigenvalue weighted by Crippen LogP contribution is 2.18. The van der Waals surface area contributed by atoms with Crippen LogP contribution in [-0.2, 0) is 0 Å². The second-order valence-electron chi connectivity index (χ2n) is 2.53. The Morgan fingerprint density at radius 3 is 2.25 bits per heavy atom. The maximum absolute atomic E-state index is 9.13. The molecule has 12 heavy (non-hydrogen) atoms. The van der Waals surface area contributed by atoms with Crippen molar-refractivity contribution in [3.05, 3.63) is 42.5 Å². The van der Waals surface area contributed by atoms with Gasteiger partial charge in [-0.2, -0.15) is 0 Å². The van der Waals surface area contributed by atoms with E-state index in [1.54, 1.807) is 12.1 Å². The molecule has 2 heteroatoms. The molecule has 3 radical (unpaired) electrons. The predicted octanol–water partition coefficient (Wildman–Crippen LogP) is 2.16. The Balaban J connectivity index is 0.000000720. The van der Waals surface area contributed by atoms with Crippen molar-refractivity contribution < 1.29 is 5.11 Å². The lowest BCUT2D eigenvalue weighted by Gasteiger charge is -1.96. The van der Waals surface area contributed by atoms with Gasteiger partial charge in [0.1, 0.15) is 5.75 Å². The average Bonchev–Trinajstić information content (AvgIpc) is 2.04. The molecule has 0 fully saturated rings. The van der Waals surface area contributed by atoms with Crippen LogP contribution in [0.1, 0.15) is 0 Å². The first kappa shape index (κ1) is 9.12. The van der Waals surface area contributed by atoms with Gasteiger partial charge in [0.25, 0.3) is 0 Å². The van der Waals surface area contributed by atoms with Crippen LogP contribution in [0.4, 0.5) is 0 Å². The molecular formula is C10H8AlO. The van der Waals surface area contributed by atoms with Crippen LogP contribution < -0.4 is 0 Å². The van der Waals surface area contributed by atoms with Crippen molar-refractivity contribution in [1.29, 1.82) is 0 Å². The second kappa shape index (κ2) is 3.62. The van der Waals surface area contributed by atoms with Crippen LogP contribution in [0.15, 0.2) is 42.5 Å². The summed E-state index contributed by atoms with van der Waals surface area (Å²) in [5.41, 5.74) is 0. The molecule has 0 spiro atoms. The standard InChI is InChI=1S/C10H8O.Al/c11-10-6-5-8-3-1-2-4-9(8)7-10;/h1-7,11H;. The Bertz CT molecular complexity index is 384. The zero-order valence-electron chi connectivity index (χ0n) is 6.57. The van der Waals surface area contributed by atoms with Gasteiger partial charge in [0.05, 0.1) is 0 Å². The highest BCUT2D eigenvalue weighted by molar-refractivity contribution is 5.83. The van der Waals surface area contributed by atoms with Crippen LogP contribution in [0.5, 0.6) is 5.75 Å². The summed E-state index contributed by atoms with van der Waals surface area (Å²) in [6, 6.07) is 13.3. The van der Waals surface area contributed by atoms with Crippen molar-refractivity contribution in [3.8, 4) is 5.75 Å². The van der Waals surface area contributed by atoms with Gasteiger partial charge in [-0.3, -0.25) is 0 Å². The molecule has 57 valence electrons. The van der Waals surface area contributed by atoms with Crippen LogP contribution in [0.3, 0.4) is 0 Å². The van der Waals surface area contributed by atoms with E-state index in [-0.39, 0.29) is 17.4 Å². The van der Waals surface area contributed by atoms with Gasteiger partial charge < -0.3 is 5.11 Å². The quantitative estimate of drug-likeness (QED) is 0.602. The van der Waals surface area contributed by atoms with Crippen molar-refractivity contribution in [2.24, 2.45) is 0 Å². The van der Waals surface area contributed by atoms with E-state index in [0.717, 1.165) is 10.8 Å². The van der Waals surface area contributed by atoms with Gasteiger partial charge in [-0.25, -0.2) is 0 Å². The van der Waals surface area contributed by atoms with Gasteiger partial charge in [-0.15, -0.1) is 0 Å². The first-order chi connectivity index (χ1) is 5.36. The number of phenolic OH excluding ortho intramolecular Hbond substituents is 1. The fraction of sp³-hybridized carbons (Fsp3) is 0. The van der Waals surface area contributed by atoms with Gasteiger partial charge in [0, 0.05) is 17.4 Å². The third-order valence-electron chi connectivity index (χ3n) is 1.73. The lowest BCUT2D eigenvalue weighted by Crippen LogP contribution is -1.69. The van der Waals surface area contributed by atoms with Gasteiger partial charge in [-0.1, -0.05) is 30.3 Å². The zero-order valence-corrected chi connectivity index (χ0v) is 7.72. The van der Waals surface area contributed by atoms with Gasteiger partial charge in [-0.05, 0) is 22.9 Å². The molecule has 0 aliphatic rings. The molecule has 0 aromatic heterocycles. The van der Waals surface area contributed by atoms with Gasteiger partial charge >= 0.3 is 0 Å². The highest BCUT2D eigenvalue weighted by Gasteiger charge is 1.91. The fourth-order valence-corrected chi connectivity index (χ4v) is 1.18. The molecule has 0 aliphatic carbocycles. The summed E-state index contributed by atoms with van der Waals surface area (Å²) < 4.78 is 0. The highest BCUT2D eigenvalue weighted by atomic mass is 27.0. The molecule has 1 N–H and O–H groups in total. The van der Waals surface area contributed by atoms with Crippen molar-refractivity contribution in [2.45, 2.75) is 0 Å². The Kier molecular flexibility index (Phi) is 2.75. The summed E-state index contributed by atoms with van der Waals surface area (Å²) in [5, 5.41) is 11.4. The molecule has 0 atom stereocenters. The molecule has 2 rings (SSSR count). The number of phenols is 1. The first-order valence-electron chi connectivity index (χ1n) is 3.54. The normalized spacial score (nSPS) is 9.33. The maximum Gasteiger partial charge on any atom is 0.116 e. The minimum Gasteiger partial charge on any atom is -0.508 e. The first-order valence-corrected chi connectivity index (χ1v) is 3.54. The molecule has 2 aromatic carbocycles. The second-order valence-corrected chi connectivity index (χ2v) is 2.53. The monoisotopic (exact) mass is 171 g/mol. The molecule has 0 bridgehead atoms. The van der Waals surface area contributed by atoms with E-state index in [4.69, 9.17) is 5.11 Å². The molecule has 2 aromatic rings. The van der Waals surface area contributed by atoms with Crippen molar-refractivity contribution in [1.82, 2.24) is 0 Å². The number of fused-ring (bicyclic) bond motifs is 1. The van der Waals surface area contributed by atoms with E-state index in [2.05, 4.69) is 0 Å². The molecule has 0 amide bonds. The predicted molar refractivity (Wildman–Crippen MR) is 51.4 cm³/mol. The fourth-order valence-electron chi connectivity index (χ4n) is 1.18. The van der Waals surface area contributed by atoms with E-state index >= 15 is 0 Å². The number of hydrogen-bond donors (Lipinski definition) is 1. The Labute approximate surface area is 81.8 Å². The lowest BCUT2D eigenvalue weighted by atomic mass is 10.1. The molecule has 0 saturated carbocycles. The Hall–Kier alpha value is -0.968. The topological polar surface area (TPSA) is 20.2 Å². The summed E-state index contributed by atoms with van der Waals surface area (Å²) in [6.07, 6.45) is 0. The minimum atomic E-state index is 0. The van der Waals surface area contributed by atoms with E-state index in [0.29, 0.717) is 5.75 Å². The molecular weight excluding hydrogens is 163 g/mol. The van der Waals surface area contributed by atoms with Gasteiger partial charge in [0.15, 0.2) is 0 Å². The molecule has 0 heterocycles. The third kappa shape index (κ3) is 1.61. The summed E-state index contributed by atoms with van der Waals surface area (Å²) in [6.45, 7) is 0. The van der Waals surface area contributed by atoms with Crippen LogP contribution in [0.25, 0.3) is 10.8 Å². The molecule has 0 unspecified atom stereocenters. The van der Waals surface area contributed by atoms with Crippen LogP contribution in [-0.4, -0.2) is 22.5 Å². The smallest absolute Gasteiger partial charge is 0.116 e. The van der Waals surface area contributed by atoms with Crippen LogP contribution in [0.2, 0.25) is 0 Å². The van der Waals surface area contributed by atoms with E-state index < -0.39 is 0 Å². The van der Waals surface area contributed by atoms with Crippen molar-refractivity contribution in [3.63, 3.8) is 0 Å². The number of hydrogen-bond acceptors (Lipinski definition) is 1. The SMILES string of the molecule is Oc1ccc2ccccc2c1.[Al]. The summed E-state index contributed by atoms with van der Waals surface area (Å²) in [7, 11) is 0. The number of aromatic hydroxyl groups is 1. The van der Waals surface area contributed by atoms with E-state index in [9.17, 15) is 0 Å². The number of rotatable bonds is 0. The molecule has 1 nitrogen and oxygen atoms in total. The summed E-state index contributed by atoms with van der Waals surface area (Å²) >= 11 is 0. The third-order valence-corrected chi connectivity index (χ3v) is 1.73. The maximum atomic E-state index is 9.13. The molecule has 0 saturated heterocycles. The summed E-state index contributed by atoms with van der Waals surface area (Å²) in [4.78, 5) is 0. The largest absolute Gasteiger partial charge is 0.508 e. The Morgan fingerprint density at radius 1 is 0.833 bits per heavy atom. The van der Waals surface area contributed by atoms with E-state index in [1.807, 2.05) is 30.3 Å². The number of benzene rings is 2.